The second-order valence-electron chi connectivity index (χ2n) is 2.61. The summed E-state index contributed by atoms with van der Waals surface area (Å²) >= 11 is 0. The molecule has 0 fully saturated rings. The third-order valence-electron chi connectivity index (χ3n) is 1.51. The predicted octanol–water partition coefficient (Wildman–Crippen LogP) is 1.58. The second kappa shape index (κ2) is 7.76. The topological polar surface area (TPSA) is 21.3 Å². The number of hydrogen-bond acceptors (Lipinski definition) is 2. The van der Waals surface area contributed by atoms with Crippen molar-refractivity contribution in [1.29, 1.82) is 0 Å². The smallest absolute Gasteiger partial charge is 0.0650 e. The molecule has 0 aliphatic rings. The lowest BCUT2D eigenvalue weighted by Gasteiger charge is -2.10. The van der Waals surface area contributed by atoms with E-state index in [1.807, 2.05) is 26.1 Å². The van der Waals surface area contributed by atoms with Crippen molar-refractivity contribution in [1.82, 2.24) is 5.32 Å². The highest BCUT2D eigenvalue weighted by atomic mass is 16.5. The summed E-state index contributed by atoms with van der Waals surface area (Å²) in [6.07, 6.45) is 5.47. The van der Waals surface area contributed by atoms with Gasteiger partial charge in [0.2, 0.25) is 0 Å². The fraction of sp³-hybridized carbons (Fsp3) is 0.778. The molecule has 0 aliphatic carbocycles. The van der Waals surface area contributed by atoms with Crippen LogP contribution in [0.4, 0.5) is 0 Å². The van der Waals surface area contributed by atoms with Crippen molar-refractivity contribution in [2.75, 3.05) is 20.2 Å². The van der Waals surface area contributed by atoms with E-state index in [4.69, 9.17) is 4.74 Å². The molecule has 0 amide bonds. The number of allylic oxidation sites excluding steroid dienone is 1. The van der Waals surface area contributed by atoms with Gasteiger partial charge in [0.15, 0.2) is 0 Å². The summed E-state index contributed by atoms with van der Waals surface area (Å²) < 4.78 is 5.46. The molecular formula is C9H19NO. The van der Waals surface area contributed by atoms with Crippen molar-refractivity contribution in [3.05, 3.63) is 12.2 Å². The van der Waals surface area contributed by atoms with Gasteiger partial charge in [0.05, 0.1) is 12.7 Å². The Bertz CT molecular complexity index is 102. The molecule has 0 aromatic heterocycles. The van der Waals surface area contributed by atoms with Gasteiger partial charge < -0.3 is 10.1 Å². The Morgan fingerprint density at radius 2 is 2.27 bits per heavy atom. The molecule has 0 bridgehead atoms. The molecule has 0 saturated carbocycles. The molecule has 0 aromatic carbocycles. The minimum atomic E-state index is 0.360. The Labute approximate surface area is 69.6 Å². The maximum atomic E-state index is 5.46. The normalized spacial score (nSPS) is 14.1. The summed E-state index contributed by atoms with van der Waals surface area (Å²) in [4.78, 5) is 0. The quantitative estimate of drug-likeness (QED) is 0.591. The summed E-state index contributed by atoms with van der Waals surface area (Å²) in [5.74, 6) is 0. The van der Waals surface area contributed by atoms with Crippen LogP contribution < -0.4 is 5.32 Å². The van der Waals surface area contributed by atoms with Gasteiger partial charge in [0.25, 0.3) is 0 Å². The number of nitrogens with one attached hydrogen (secondary N) is 1. The van der Waals surface area contributed by atoms with E-state index in [0.29, 0.717) is 6.10 Å². The lowest BCUT2D eigenvalue weighted by atomic mass is 10.3. The summed E-state index contributed by atoms with van der Waals surface area (Å²) in [5, 5.41) is 3.09. The molecule has 0 heterocycles. The SMILES string of the molecule is CC=CCOC(C)CCNC. The molecule has 0 radical (unpaired) electrons. The van der Waals surface area contributed by atoms with Crippen molar-refractivity contribution < 1.29 is 4.74 Å². The van der Waals surface area contributed by atoms with Crippen LogP contribution in [0.3, 0.4) is 0 Å². The Hall–Kier alpha value is -0.340. The Morgan fingerprint density at radius 1 is 1.55 bits per heavy atom. The third kappa shape index (κ3) is 7.56. The second-order valence-corrected chi connectivity index (χ2v) is 2.61. The molecule has 2 nitrogen and oxygen atoms in total. The van der Waals surface area contributed by atoms with Crippen LogP contribution in [0, 0.1) is 0 Å². The number of rotatable bonds is 6. The van der Waals surface area contributed by atoms with E-state index in [2.05, 4.69) is 12.2 Å². The summed E-state index contributed by atoms with van der Waals surface area (Å²) in [6, 6.07) is 0. The van der Waals surface area contributed by atoms with E-state index in [1.165, 1.54) is 0 Å². The van der Waals surface area contributed by atoms with Crippen LogP contribution in [0.2, 0.25) is 0 Å². The predicted molar refractivity (Wildman–Crippen MR) is 48.8 cm³/mol. The molecule has 1 N–H and O–H groups in total. The monoisotopic (exact) mass is 157 g/mol. The van der Waals surface area contributed by atoms with Crippen molar-refractivity contribution in [2.45, 2.75) is 26.4 Å². The van der Waals surface area contributed by atoms with Gasteiger partial charge in [-0.2, -0.15) is 0 Å². The van der Waals surface area contributed by atoms with Gasteiger partial charge >= 0.3 is 0 Å². The van der Waals surface area contributed by atoms with E-state index in [-0.39, 0.29) is 0 Å². The van der Waals surface area contributed by atoms with Gasteiger partial charge in [-0.05, 0) is 33.9 Å². The first-order chi connectivity index (χ1) is 5.31. The lowest BCUT2D eigenvalue weighted by Crippen LogP contribution is -2.17. The maximum absolute atomic E-state index is 5.46. The zero-order valence-corrected chi connectivity index (χ0v) is 7.76. The number of hydrogen-bond donors (Lipinski definition) is 1. The largest absolute Gasteiger partial charge is 0.374 e. The maximum Gasteiger partial charge on any atom is 0.0650 e. The molecule has 11 heavy (non-hydrogen) atoms. The minimum absolute atomic E-state index is 0.360. The van der Waals surface area contributed by atoms with Crippen LogP contribution in [-0.2, 0) is 4.74 Å². The van der Waals surface area contributed by atoms with Crippen molar-refractivity contribution in [2.24, 2.45) is 0 Å². The fourth-order valence-electron chi connectivity index (χ4n) is 0.747. The van der Waals surface area contributed by atoms with E-state index < -0.39 is 0 Å². The van der Waals surface area contributed by atoms with Crippen LogP contribution in [0.5, 0.6) is 0 Å². The van der Waals surface area contributed by atoms with Crippen LogP contribution in [-0.4, -0.2) is 26.3 Å². The van der Waals surface area contributed by atoms with E-state index >= 15 is 0 Å². The molecule has 1 unspecified atom stereocenters. The first-order valence-electron chi connectivity index (χ1n) is 4.18. The Kier molecular flexibility index (Phi) is 7.52. The highest BCUT2D eigenvalue weighted by Gasteiger charge is 1.97. The van der Waals surface area contributed by atoms with Gasteiger partial charge in [-0.15, -0.1) is 0 Å². The van der Waals surface area contributed by atoms with Gasteiger partial charge in [0, 0.05) is 0 Å². The van der Waals surface area contributed by atoms with E-state index in [1.54, 1.807) is 0 Å². The van der Waals surface area contributed by atoms with Crippen LogP contribution in [0.25, 0.3) is 0 Å². The molecule has 0 rings (SSSR count). The van der Waals surface area contributed by atoms with Crippen molar-refractivity contribution in [3.8, 4) is 0 Å². The van der Waals surface area contributed by atoms with Gasteiger partial charge in [-0.25, -0.2) is 0 Å². The Morgan fingerprint density at radius 3 is 2.82 bits per heavy atom. The van der Waals surface area contributed by atoms with Gasteiger partial charge in [0.1, 0.15) is 0 Å². The zero-order chi connectivity index (χ0) is 8.53. The fourth-order valence-corrected chi connectivity index (χ4v) is 0.747. The first-order valence-corrected chi connectivity index (χ1v) is 4.18. The molecule has 0 aromatic rings. The Balaban J connectivity index is 3.15. The average Bonchev–Trinajstić information content (AvgIpc) is 2.01. The molecule has 0 spiro atoms. The summed E-state index contributed by atoms with van der Waals surface area (Å²) in [6.45, 7) is 5.86. The van der Waals surface area contributed by atoms with Gasteiger partial charge in [-0.3, -0.25) is 0 Å². The molecule has 1 atom stereocenters. The van der Waals surface area contributed by atoms with Crippen molar-refractivity contribution >= 4 is 0 Å². The molecule has 66 valence electrons. The standard InChI is InChI=1S/C9H19NO/c1-4-5-8-11-9(2)6-7-10-3/h4-5,9-10H,6-8H2,1-3H3. The molecule has 0 aliphatic heterocycles. The van der Waals surface area contributed by atoms with Crippen molar-refractivity contribution in [3.63, 3.8) is 0 Å². The minimum Gasteiger partial charge on any atom is -0.374 e. The van der Waals surface area contributed by atoms with Gasteiger partial charge in [-0.1, -0.05) is 12.2 Å². The molecule has 2 heteroatoms. The molecule has 0 saturated heterocycles. The highest BCUT2D eigenvalue weighted by molar-refractivity contribution is 4.76. The lowest BCUT2D eigenvalue weighted by molar-refractivity contribution is 0.0823. The third-order valence-corrected chi connectivity index (χ3v) is 1.51. The van der Waals surface area contributed by atoms with Crippen LogP contribution in [0.1, 0.15) is 20.3 Å². The average molecular weight is 157 g/mol. The first kappa shape index (κ1) is 10.7. The van der Waals surface area contributed by atoms with E-state index in [9.17, 15) is 0 Å². The molecular weight excluding hydrogens is 138 g/mol. The summed E-state index contributed by atoms with van der Waals surface area (Å²) in [7, 11) is 1.96. The van der Waals surface area contributed by atoms with E-state index in [0.717, 1.165) is 19.6 Å². The number of ether oxygens (including phenoxy) is 1. The van der Waals surface area contributed by atoms with Crippen LogP contribution in [0.15, 0.2) is 12.2 Å². The zero-order valence-electron chi connectivity index (χ0n) is 7.76. The van der Waals surface area contributed by atoms with Crippen LogP contribution >= 0.6 is 0 Å². The summed E-state index contributed by atoms with van der Waals surface area (Å²) in [5.41, 5.74) is 0. The highest BCUT2D eigenvalue weighted by Crippen LogP contribution is 1.95.